The molecule has 1 aromatic carbocycles. The Morgan fingerprint density at radius 3 is 2.52 bits per heavy atom. The molecule has 4 heterocycles. The zero-order chi connectivity index (χ0) is 48.6. The number of alkyl carbamates (subject to hydrolysis) is 1. The van der Waals surface area contributed by atoms with Gasteiger partial charge in [0.05, 0.1) is 25.3 Å². The van der Waals surface area contributed by atoms with Crippen LogP contribution < -0.4 is 20.3 Å². The first-order chi connectivity index (χ1) is 31.1. The van der Waals surface area contributed by atoms with Crippen molar-refractivity contribution in [1.82, 2.24) is 20.4 Å². The van der Waals surface area contributed by atoms with Crippen molar-refractivity contribution in [3.8, 4) is 5.75 Å². The molecule has 2 fully saturated rings. The smallest absolute Gasteiger partial charge is 0.409 e. The zero-order valence-corrected chi connectivity index (χ0v) is 40.9. The van der Waals surface area contributed by atoms with Gasteiger partial charge in [-0.2, -0.15) is 0 Å². The number of esters is 1. The first-order valence-electron chi connectivity index (χ1n) is 21.5. The fraction of sp³-hybridized carbons (Fsp3) is 0.578. The van der Waals surface area contributed by atoms with Crippen LogP contribution in [0.3, 0.4) is 0 Å². The van der Waals surface area contributed by atoms with Crippen LogP contribution in [0.2, 0.25) is 5.02 Å². The predicted octanol–water partition coefficient (Wildman–Crippen LogP) is 4.25. The molecule has 2 saturated heterocycles. The number of benzene rings is 1. The number of methoxy groups -OCH3 is 2. The molecule has 0 aliphatic carbocycles. The first kappa shape index (κ1) is 52.4. The second-order valence-electron chi connectivity index (χ2n) is 17.5. The number of halogens is 1. The molecule has 4 aliphatic rings. The largest absolute Gasteiger partial charge is 0.495 e. The van der Waals surface area contributed by atoms with Crippen LogP contribution in [0.4, 0.5) is 10.5 Å². The van der Waals surface area contributed by atoms with Crippen molar-refractivity contribution >= 4 is 80.5 Å². The van der Waals surface area contributed by atoms with E-state index in [9.17, 15) is 38.7 Å². The van der Waals surface area contributed by atoms with Crippen LogP contribution in [-0.2, 0) is 54.1 Å². The van der Waals surface area contributed by atoms with E-state index in [1.54, 1.807) is 49.1 Å². The molecule has 0 radical (unpaired) electrons. The number of rotatable bonds is 16. The fourth-order valence-electron chi connectivity index (χ4n) is 7.76. The summed E-state index contributed by atoms with van der Waals surface area (Å²) in [4.78, 5) is 93.2. The molecule has 0 spiro atoms. The average molecular weight is 979 g/mol. The average Bonchev–Trinajstić information content (AvgIpc) is 3.79. The Kier molecular flexibility index (Phi) is 17.8. The lowest BCUT2D eigenvalue weighted by Gasteiger charge is -2.40. The minimum absolute atomic E-state index is 0.00510. The van der Waals surface area contributed by atoms with Gasteiger partial charge in [0.15, 0.2) is 5.72 Å². The van der Waals surface area contributed by atoms with E-state index >= 15 is 0 Å². The Morgan fingerprint density at radius 2 is 1.83 bits per heavy atom. The summed E-state index contributed by atoms with van der Waals surface area (Å²) in [6.07, 6.45) is 3.79. The number of nitrogens with one attached hydrogen (secondary N) is 2. The summed E-state index contributed by atoms with van der Waals surface area (Å²) in [5, 5.41) is 17.2. The van der Waals surface area contributed by atoms with Crippen molar-refractivity contribution < 1.29 is 62.4 Å². The molecule has 66 heavy (non-hydrogen) atoms. The van der Waals surface area contributed by atoms with Crippen LogP contribution in [0.25, 0.3) is 0 Å². The monoisotopic (exact) mass is 977 g/mol. The molecule has 18 nitrogen and oxygen atoms in total. The molecule has 0 unspecified atom stereocenters. The normalized spacial score (nSPS) is 27.0. The molecule has 0 aromatic heterocycles. The Morgan fingerprint density at radius 1 is 1.12 bits per heavy atom. The number of nitrogens with zero attached hydrogens (tertiary/aromatic N) is 3. The lowest BCUT2D eigenvalue weighted by atomic mass is 9.90. The highest BCUT2D eigenvalue weighted by atomic mass is 35.5. The van der Waals surface area contributed by atoms with Gasteiger partial charge in [0, 0.05) is 82.6 Å². The van der Waals surface area contributed by atoms with Crippen LogP contribution >= 0.6 is 33.2 Å². The predicted molar refractivity (Wildman–Crippen MR) is 249 cm³/mol. The number of imide groups is 1. The van der Waals surface area contributed by atoms with Gasteiger partial charge in [-0.1, -0.05) is 57.0 Å². The third kappa shape index (κ3) is 13.7. The summed E-state index contributed by atoms with van der Waals surface area (Å²) < 4.78 is 28.6. The van der Waals surface area contributed by atoms with Crippen LogP contribution in [0.15, 0.2) is 48.1 Å². The van der Waals surface area contributed by atoms with Gasteiger partial charge in [-0.05, 0) is 58.2 Å². The molecule has 1 aromatic rings. The van der Waals surface area contributed by atoms with E-state index in [1.165, 1.54) is 54.0 Å². The maximum absolute atomic E-state index is 14.2. The number of carbonyl (C=O) groups is 7. The van der Waals surface area contributed by atoms with Gasteiger partial charge < -0.3 is 43.9 Å². The SMILES string of the molecule is COc1cc2cc(c1Cl)N(C)C(=O)C[C@H](OC(=O)CN(C)C(=O)CCC(C)(C)SSCCNC(=O)CCN1C(=O)C=CC1=O)[C@]1(C)O[C@H]1C[C@@H]1C[C@@](O)(NC(=O)O1)[C@H](OC)/C=C/C=C(\C)C2. The van der Waals surface area contributed by atoms with Gasteiger partial charge in [-0.25, -0.2) is 4.79 Å². The second-order valence-corrected chi connectivity index (χ2v) is 21.0. The molecule has 4 bridgehead atoms. The van der Waals surface area contributed by atoms with Gasteiger partial charge in [0.2, 0.25) is 17.7 Å². The van der Waals surface area contributed by atoms with E-state index in [2.05, 4.69) is 10.6 Å². The third-order valence-corrected chi connectivity index (χ3v) is 15.5. The highest BCUT2D eigenvalue weighted by molar-refractivity contribution is 8.77. The molecule has 6 amide bonds. The molecule has 362 valence electrons. The van der Waals surface area contributed by atoms with Gasteiger partial charge in [0.25, 0.3) is 11.8 Å². The summed E-state index contributed by atoms with van der Waals surface area (Å²) in [6, 6.07) is 3.55. The van der Waals surface area contributed by atoms with Crippen LogP contribution in [0, 0.1) is 0 Å². The number of anilines is 1. The molecule has 5 rings (SSSR count). The highest BCUT2D eigenvalue weighted by Crippen LogP contribution is 2.47. The summed E-state index contributed by atoms with van der Waals surface area (Å²) in [5.41, 5.74) is -1.01. The number of likely N-dealkylation sites (N-methyl/N-ethyl adjacent to an activating group) is 1. The Bertz CT molecular complexity index is 2120. The number of carbonyl (C=O) groups excluding carboxylic acids is 7. The van der Waals surface area contributed by atoms with Crippen molar-refractivity contribution in [2.75, 3.05) is 58.6 Å². The maximum atomic E-state index is 14.2. The van der Waals surface area contributed by atoms with Gasteiger partial charge in [0.1, 0.15) is 41.2 Å². The lowest BCUT2D eigenvalue weighted by molar-refractivity contribution is -0.157. The standard InChI is InChI=1S/C45H60ClN5O13S2/c1-27-10-9-11-32(61-8)45(59)25-29(62-42(58)48-45)23-34-44(4,64-34)33(24-39(56)50(6)30-21-28(20-27)22-31(60-7)41(30)46)63-40(57)26-49(5)36(53)14-16-43(2,3)66-65-19-17-47-35(52)15-18-51-37(54)12-13-38(51)55/h9-13,21-22,29,32-34,59H,14-20,23-26H2,1-8H3,(H,47,52)(H,48,58)/b11-9+,27-10+/t29-,32-,33+,34+,44+,45+/m1/s1. The lowest BCUT2D eigenvalue weighted by Crippen LogP contribution is -2.62. The molecular formula is C45H60ClN5O13S2. The topological polar surface area (TPSA) is 223 Å². The van der Waals surface area contributed by atoms with E-state index in [-0.39, 0.29) is 60.2 Å². The Balaban J connectivity index is 1.22. The van der Waals surface area contributed by atoms with Crippen LogP contribution in [0.1, 0.15) is 71.8 Å². The van der Waals surface area contributed by atoms with Crippen molar-refractivity contribution in [2.45, 2.75) is 113 Å². The zero-order valence-electron chi connectivity index (χ0n) is 38.5. The van der Waals surface area contributed by atoms with Crippen molar-refractivity contribution in [2.24, 2.45) is 0 Å². The van der Waals surface area contributed by atoms with E-state index in [0.717, 1.165) is 16.0 Å². The number of fused-ring (bicyclic) bond motifs is 5. The molecule has 0 saturated carbocycles. The number of aliphatic hydroxyl groups is 1. The maximum Gasteiger partial charge on any atom is 0.409 e. The Labute approximate surface area is 397 Å². The molecule has 6 atom stereocenters. The summed E-state index contributed by atoms with van der Waals surface area (Å²) in [7, 11) is 9.02. The molecule has 3 N–H and O–H groups in total. The Hall–Kier alpha value is -4.60. The summed E-state index contributed by atoms with van der Waals surface area (Å²) in [6.45, 7) is 7.54. The number of hydrogen-bond acceptors (Lipinski definition) is 15. The van der Waals surface area contributed by atoms with E-state index < -0.39 is 72.1 Å². The quantitative estimate of drug-likeness (QED) is 0.0693. The second kappa shape index (κ2) is 22.5. The minimum atomic E-state index is -1.84. The molecule has 21 heteroatoms. The van der Waals surface area contributed by atoms with E-state index in [1.807, 2.05) is 26.8 Å². The third-order valence-electron chi connectivity index (χ3n) is 11.8. The van der Waals surface area contributed by atoms with Gasteiger partial charge in [-0.3, -0.25) is 39.0 Å². The summed E-state index contributed by atoms with van der Waals surface area (Å²) >= 11 is 6.77. The van der Waals surface area contributed by atoms with Crippen molar-refractivity contribution in [3.63, 3.8) is 0 Å². The number of allylic oxidation sites excluding steroid dienone is 3. The molecular weight excluding hydrogens is 918 g/mol. The van der Waals surface area contributed by atoms with Crippen molar-refractivity contribution in [3.05, 3.63) is 58.7 Å². The number of epoxide rings is 1. The number of ether oxygens (including phenoxy) is 5. The highest BCUT2D eigenvalue weighted by Gasteiger charge is 2.61. The van der Waals surface area contributed by atoms with Gasteiger partial charge in [-0.15, -0.1) is 0 Å². The number of hydrogen-bond donors (Lipinski definition) is 3. The van der Waals surface area contributed by atoms with Crippen LogP contribution in [-0.4, -0.2) is 151 Å². The van der Waals surface area contributed by atoms with E-state index in [0.29, 0.717) is 36.6 Å². The first-order valence-corrected chi connectivity index (χ1v) is 24.2. The summed E-state index contributed by atoms with van der Waals surface area (Å²) in [5.74, 6) is -1.75. The van der Waals surface area contributed by atoms with Gasteiger partial charge >= 0.3 is 12.1 Å². The van der Waals surface area contributed by atoms with E-state index in [4.69, 9.17) is 35.3 Å². The number of amides is 6. The van der Waals surface area contributed by atoms with Crippen molar-refractivity contribution in [1.29, 1.82) is 0 Å². The fourth-order valence-corrected chi connectivity index (χ4v) is 10.5. The minimum Gasteiger partial charge on any atom is -0.495 e. The van der Waals surface area contributed by atoms with Crippen LogP contribution in [0.5, 0.6) is 5.75 Å². The molecule has 4 aliphatic heterocycles.